The Bertz CT molecular complexity index is 619. The lowest BCUT2D eigenvalue weighted by Crippen LogP contribution is -2.08. The number of aromatic amines is 1. The summed E-state index contributed by atoms with van der Waals surface area (Å²) in [6, 6.07) is 3.99. The molecule has 2 rings (SSSR count). The molecule has 0 bridgehead atoms. The molecular formula is C13H13ClFNO. The van der Waals surface area contributed by atoms with Crippen molar-refractivity contribution < 1.29 is 4.39 Å². The predicted molar refractivity (Wildman–Crippen MR) is 68.1 cm³/mol. The Balaban J connectivity index is 2.69. The molecule has 0 saturated heterocycles. The minimum absolute atomic E-state index is 0.150. The lowest BCUT2D eigenvalue weighted by molar-refractivity contribution is 0.627. The molecule has 2 nitrogen and oxygen atoms in total. The van der Waals surface area contributed by atoms with Crippen LogP contribution >= 0.6 is 11.6 Å². The number of hydrogen-bond acceptors (Lipinski definition) is 1. The SMILES string of the molecule is CC(C)Cc1cc(=O)c2c(Cl)cc(F)cc2[nH]1. The van der Waals surface area contributed by atoms with E-state index in [1.165, 1.54) is 12.1 Å². The third-order valence-electron chi connectivity index (χ3n) is 2.53. The van der Waals surface area contributed by atoms with Gasteiger partial charge in [0.15, 0.2) is 5.43 Å². The highest BCUT2D eigenvalue weighted by atomic mass is 35.5. The van der Waals surface area contributed by atoms with E-state index in [2.05, 4.69) is 18.8 Å². The van der Waals surface area contributed by atoms with Gasteiger partial charge in [0.2, 0.25) is 0 Å². The summed E-state index contributed by atoms with van der Waals surface area (Å²) in [6.07, 6.45) is 0.749. The molecule has 0 radical (unpaired) electrons. The fourth-order valence-corrected chi connectivity index (χ4v) is 2.21. The molecule has 1 aromatic carbocycles. The largest absolute Gasteiger partial charge is 0.358 e. The highest BCUT2D eigenvalue weighted by molar-refractivity contribution is 6.35. The number of hydrogen-bond donors (Lipinski definition) is 1. The van der Waals surface area contributed by atoms with Crippen LogP contribution in [0, 0.1) is 11.7 Å². The van der Waals surface area contributed by atoms with Crippen molar-refractivity contribution in [1.82, 2.24) is 4.98 Å². The van der Waals surface area contributed by atoms with Gasteiger partial charge in [-0.15, -0.1) is 0 Å². The molecule has 0 atom stereocenters. The zero-order valence-electron chi connectivity index (χ0n) is 9.68. The highest BCUT2D eigenvalue weighted by Gasteiger charge is 2.09. The minimum Gasteiger partial charge on any atom is -0.358 e. The van der Waals surface area contributed by atoms with Crippen LogP contribution in [-0.2, 0) is 6.42 Å². The van der Waals surface area contributed by atoms with Gasteiger partial charge in [-0.1, -0.05) is 25.4 Å². The Hall–Kier alpha value is -1.35. The summed E-state index contributed by atoms with van der Waals surface area (Å²) in [4.78, 5) is 14.9. The van der Waals surface area contributed by atoms with Gasteiger partial charge in [0.05, 0.1) is 15.9 Å². The fourth-order valence-electron chi connectivity index (χ4n) is 1.91. The number of pyridine rings is 1. The molecule has 1 aromatic heterocycles. The Morgan fingerprint density at radius 2 is 2.06 bits per heavy atom. The quantitative estimate of drug-likeness (QED) is 0.873. The van der Waals surface area contributed by atoms with Crippen LogP contribution in [-0.4, -0.2) is 4.98 Å². The monoisotopic (exact) mass is 253 g/mol. The average molecular weight is 254 g/mol. The lowest BCUT2D eigenvalue weighted by atomic mass is 10.1. The highest BCUT2D eigenvalue weighted by Crippen LogP contribution is 2.21. The molecule has 90 valence electrons. The minimum atomic E-state index is -0.445. The molecule has 0 saturated carbocycles. The smallest absolute Gasteiger partial charge is 0.191 e. The van der Waals surface area contributed by atoms with Crippen molar-refractivity contribution in [2.45, 2.75) is 20.3 Å². The van der Waals surface area contributed by atoms with Crippen LogP contribution in [0.1, 0.15) is 19.5 Å². The van der Waals surface area contributed by atoms with E-state index in [1.54, 1.807) is 0 Å². The van der Waals surface area contributed by atoms with Crippen LogP contribution in [0.2, 0.25) is 5.02 Å². The summed E-state index contributed by atoms with van der Waals surface area (Å²) in [7, 11) is 0. The molecule has 1 N–H and O–H groups in total. The van der Waals surface area contributed by atoms with Crippen LogP contribution in [0.15, 0.2) is 23.0 Å². The molecule has 2 aromatic rings. The second-order valence-corrected chi connectivity index (χ2v) is 4.97. The topological polar surface area (TPSA) is 32.9 Å². The van der Waals surface area contributed by atoms with Gasteiger partial charge in [-0.3, -0.25) is 4.79 Å². The molecule has 17 heavy (non-hydrogen) atoms. The molecule has 0 amide bonds. The van der Waals surface area contributed by atoms with Gasteiger partial charge in [0.25, 0.3) is 0 Å². The standard InChI is InChI=1S/C13H13ClFNO/c1-7(2)3-9-6-12(17)13-10(14)4-8(15)5-11(13)16-9/h4-7H,3H2,1-2H3,(H,16,17). The lowest BCUT2D eigenvalue weighted by Gasteiger charge is -2.07. The maximum atomic E-state index is 13.2. The van der Waals surface area contributed by atoms with Gasteiger partial charge < -0.3 is 4.98 Å². The molecule has 4 heteroatoms. The Kier molecular flexibility index (Phi) is 3.20. The molecule has 0 aliphatic rings. The number of benzene rings is 1. The van der Waals surface area contributed by atoms with E-state index in [9.17, 15) is 9.18 Å². The van der Waals surface area contributed by atoms with E-state index in [1.807, 2.05) is 0 Å². The zero-order valence-corrected chi connectivity index (χ0v) is 10.4. The van der Waals surface area contributed by atoms with E-state index in [-0.39, 0.29) is 10.5 Å². The summed E-state index contributed by atoms with van der Waals surface area (Å²) in [5.74, 6) is -0.0213. The van der Waals surface area contributed by atoms with Crippen molar-refractivity contribution in [2.24, 2.45) is 5.92 Å². The van der Waals surface area contributed by atoms with Crippen LogP contribution in [0.25, 0.3) is 10.9 Å². The molecule has 1 heterocycles. The van der Waals surface area contributed by atoms with Crippen molar-refractivity contribution in [2.75, 3.05) is 0 Å². The number of rotatable bonds is 2. The third-order valence-corrected chi connectivity index (χ3v) is 2.83. The van der Waals surface area contributed by atoms with Gasteiger partial charge in [-0.2, -0.15) is 0 Å². The summed E-state index contributed by atoms with van der Waals surface area (Å²) in [5.41, 5.74) is 1.09. The first-order valence-corrected chi connectivity index (χ1v) is 5.86. The first kappa shape index (κ1) is 12.1. The Morgan fingerprint density at radius 3 is 2.71 bits per heavy atom. The van der Waals surface area contributed by atoms with Crippen molar-refractivity contribution in [3.05, 3.63) is 45.0 Å². The van der Waals surface area contributed by atoms with Gasteiger partial charge in [-0.05, 0) is 24.5 Å². The summed E-state index contributed by atoms with van der Waals surface area (Å²) >= 11 is 5.87. The van der Waals surface area contributed by atoms with Gasteiger partial charge >= 0.3 is 0 Å². The van der Waals surface area contributed by atoms with Gasteiger partial charge in [-0.25, -0.2) is 4.39 Å². The van der Waals surface area contributed by atoms with Crippen molar-refractivity contribution >= 4 is 22.5 Å². The third kappa shape index (κ3) is 2.50. The predicted octanol–water partition coefficient (Wildman–Crippen LogP) is 3.52. The molecule has 0 unspecified atom stereocenters. The van der Waals surface area contributed by atoms with Crippen molar-refractivity contribution in [3.8, 4) is 0 Å². The molecule has 0 fully saturated rings. The number of fused-ring (bicyclic) bond motifs is 1. The second-order valence-electron chi connectivity index (χ2n) is 4.57. The van der Waals surface area contributed by atoms with E-state index < -0.39 is 5.82 Å². The zero-order chi connectivity index (χ0) is 12.6. The van der Waals surface area contributed by atoms with Gasteiger partial charge in [0.1, 0.15) is 5.82 Å². The van der Waals surface area contributed by atoms with Crippen molar-refractivity contribution in [3.63, 3.8) is 0 Å². The van der Waals surface area contributed by atoms with E-state index in [0.717, 1.165) is 18.2 Å². The molecule has 0 spiro atoms. The second kappa shape index (κ2) is 4.49. The first-order valence-electron chi connectivity index (χ1n) is 5.48. The fraction of sp³-hybridized carbons (Fsp3) is 0.308. The molecule has 0 aliphatic heterocycles. The number of aromatic nitrogens is 1. The summed E-state index contributed by atoms with van der Waals surface area (Å²) in [6.45, 7) is 4.11. The first-order chi connectivity index (χ1) is 7.97. The average Bonchev–Trinajstić information content (AvgIpc) is 2.13. The number of nitrogens with one attached hydrogen (secondary N) is 1. The van der Waals surface area contributed by atoms with Crippen LogP contribution < -0.4 is 5.43 Å². The maximum Gasteiger partial charge on any atom is 0.191 e. The van der Waals surface area contributed by atoms with Crippen LogP contribution in [0.3, 0.4) is 0 Å². The Morgan fingerprint density at radius 1 is 1.35 bits per heavy atom. The Labute approximate surface area is 103 Å². The van der Waals surface area contributed by atoms with Gasteiger partial charge in [0, 0.05) is 11.8 Å². The van der Waals surface area contributed by atoms with Crippen molar-refractivity contribution in [1.29, 1.82) is 0 Å². The maximum absolute atomic E-state index is 13.2. The van der Waals surface area contributed by atoms with Crippen LogP contribution in [0.4, 0.5) is 4.39 Å². The van der Waals surface area contributed by atoms with Crippen LogP contribution in [0.5, 0.6) is 0 Å². The van der Waals surface area contributed by atoms with E-state index >= 15 is 0 Å². The normalized spacial score (nSPS) is 11.4. The molecular weight excluding hydrogens is 241 g/mol. The number of halogens is 2. The van der Waals surface area contributed by atoms with E-state index in [0.29, 0.717) is 16.8 Å². The van der Waals surface area contributed by atoms with E-state index in [4.69, 9.17) is 11.6 Å². The molecule has 0 aliphatic carbocycles. The number of H-pyrrole nitrogens is 1. The summed E-state index contributed by atoms with van der Waals surface area (Å²) in [5, 5.41) is 0.498. The summed E-state index contributed by atoms with van der Waals surface area (Å²) < 4.78 is 13.2.